The maximum absolute atomic E-state index is 12.8. The number of rotatable bonds is 5. The molecule has 0 bridgehead atoms. The number of aromatic nitrogens is 3. The summed E-state index contributed by atoms with van der Waals surface area (Å²) in [5.74, 6) is 1.44. The van der Waals surface area contributed by atoms with Gasteiger partial charge in [0.1, 0.15) is 10.9 Å². The van der Waals surface area contributed by atoms with E-state index in [1.807, 2.05) is 35.2 Å². The molecule has 1 fully saturated rings. The summed E-state index contributed by atoms with van der Waals surface area (Å²) in [5.41, 5.74) is 2.35. The second-order valence-corrected chi connectivity index (χ2v) is 7.51. The fraction of sp³-hybridized carbons (Fsp3) is 0.273. The number of hydrogen-bond acceptors (Lipinski definition) is 6. The van der Waals surface area contributed by atoms with E-state index in [0.717, 1.165) is 36.5 Å². The van der Waals surface area contributed by atoms with Crippen LogP contribution in [0.2, 0.25) is 5.15 Å². The van der Waals surface area contributed by atoms with Crippen LogP contribution in [0.5, 0.6) is 5.75 Å². The summed E-state index contributed by atoms with van der Waals surface area (Å²) in [5, 5.41) is 3.60. The van der Waals surface area contributed by atoms with E-state index >= 15 is 0 Å². The molecule has 2 aromatic heterocycles. The Bertz CT molecular complexity index is 1010. The van der Waals surface area contributed by atoms with Crippen molar-refractivity contribution in [2.75, 3.05) is 25.5 Å². The molecule has 0 radical (unpaired) electrons. The van der Waals surface area contributed by atoms with E-state index in [0.29, 0.717) is 23.2 Å². The molecule has 154 valence electrons. The molecular formula is C22H22ClN5O2. The Hall–Kier alpha value is -3.19. The van der Waals surface area contributed by atoms with Crippen molar-refractivity contribution in [3.63, 3.8) is 0 Å². The smallest absolute Gasteiger partial charge is 0.255 e. The van der Waals surface area contributed by atoms with Crippen molar-refractivity contribution in [1.82, 2.24) is 19.9 Å². The van der Waals surface area contributed by atoms with Gasteiger partial charge in [-0.25, -0.2) is 15.0 Å². The molecule has 0 saturated carbocycles. The summed E-state index contributed by atoms with van der Waals surface area (Å²) >= 11 is 5.83. The first kappa shape index (κ1) is 20.1. The van der Waals surface area contributed by atoms with Crippen molar-refractivity contribution >= 4 is 29.1 Å². The number of ether oxygens (including phenoxy) is 1. The van der Waals surface area contributed by atoms with Crippen molar-refractivity contribution in [3.8, 4) is 5.75 Å². The van der Waals surface area contributed by atoms with Crippen LogP contribution in [0.15, 0.2) is 54.9 Å². The molecule has 0 spiro atoms. The van der Waals surface area contributed by atoms with Crippen molar-refractivity contribution in [1.29, 1.82) is 0 Å². The standard InChI is InChI=1S/C22H22ClN5O2/c1-30-18-7-5-17(6-8-18)26-22-24-11-10-19(27-22)16-3-2-12-28(14-16)21(29)15-4-9-20(23)25-13-15/h4-11,13,16H,2-3,12,14H2,1H3,(H,24,26,27)/t16-/m1/s1. The number of amides is 1. The average Bonchev–Trinajstić information content (AvgIpc) is 2.80. The molecule has 4 rings (SSSR count). The third kappa shape index (κ3) is 4.68. The van der Waals surface area contributed by atoms with Crippen molar-refractivity contribution < 1.29 is 9.53 Å². The molecule has 7 nitrogen and oxygen atoms in total. The fourth-order valence-corrected chi connectivity index (χ4v) is 3.66. The zero-order valence-corrected chi connectivity index (χ0v) is 17.3. The Balaban J connectivity index is 1.46. The quantitative estimate of drug-likeness (QED) is 0.616. The van der Waals surface area contributed by atoms with Crippen LogP contribution in [-0.2, 0) is 0 Å². The number of methoxy groups -OCH3 is 1. The van der Waals surface area contributed by atoms with E-state index in [4.69, 9.17) is 21.3 Å². The highest BCUT2D eigenvalue weighted by Gasteiger charge is 2.26. The van der Waals surface area contributed by atoms with Gasteiger partial charge in [0.2, 0.25) is 5.95 Å². The predicted molar refractivity (Wildman–Crippen MR) is 115 cm³/mol. The maximum atomic E-state index is 12.8. The van der Waals surface area contributed by atoms with Crippen molar-refractivity contribution in [2.24, 2.45) is 0 Å². The van der Waals surface area contributed by atoms with Crippen LogP contribution in [-0.4, -0.2) is 46.0 Å². The minimum atomic E-state index is -0.0329. The Kier molecular flexibility index (Phi) is 6.09. The van der Waals surface area contributed by atoms with Crippen LogP contribution in [0, 0.1) is 0 Å². The average molecular weight is 424 g/mol. The van der Waals surface area contributed by atoms with Crippen LogP contribution in [0.3, 0.4) is 0 Å². The van der Waals surface area contributed by atoms with E-state index in [1.165, 1.54) is 6.20 Å². The summed E-state index contributed by atoms with van der Waals surface area (Å²) in [6, 6.07) is 12.8. The van der Waals surface area contributed by atoms with E-state index in [1.54, 1.807) is 25.4 Å². The number of likely N-dealkylation sites (tertiary alicyclic amines) is 1. The predicted octanol–water partition coefficient (Wildman–Crippen LogP) is 4.30. The van der Waals surface area contributed by atoms with E-state index in [-0.39, 0.29) is 11.8 Å². The van der Waals surface area contributed by atoms with Gasteiger partial charge in [-0.05, 0) is 55.3 Å². The number of carbonyl (C=O) groups is 1. The van der Waals surface area contributed by atoms with Crippen LogP contribution in [0.25, 0.3) is 0 Å². The van der Waals surface area contributed by atoms with Crippen molar-refractivity contribution in [3.05, 3.63) is 71.3 Å². The zero-order chi connectivity index (χ0) is 20.9. The van der Waals surface area contributed by atoms with Gasteiger partial charge in [-0.3, -0.25) is 4.79 Å². The second kappa shape index (κ2) is 9.09. The number of benzene rings is 1. The molecule has 3 heterocycles. The number of anilines is 2. The molecule has 1 N–H and O–H groups in total. The minimum Gasteiger partial charge on any atom is -0.497 e. The number of piperidine rings is 1. The first-order valence-electron chi connectivity index (χ1n) is 9.77. The number of halogens is 1. The highest BCUT2D eigenvalue weighted by atomic mass is 35.5. The van der Waals surface area contributed by atoms with Gasteiger partial charge in [-0.15, -0.1) is 0 Å². The summed E-state index contributed by atoms with van der Waals surface area (Å²) in [4.78, 5) is 27.7. The Labute approximate surface area is 180 Å². The van der Waals surface area contributed by atoms with Gasteiger partial charge < -0.3 is 15.0 Å². The van der Waals surface area contributed by atoms with Gasteiger partial charge in [0.15, 0.2) is 0 Å². The lowest BCUT2D eigenvalue weighted by Crippen LogP contribution is -2.39. The minimum absolute atomic E-state index is 0.0329. The highest BCUT2D eigenvalue weighted by molar-refractivity contribution is 6.29. The highest BCUT2D eigenvalue weighted by Crippen LogP contribution is 2.27. The lowest BCUT2D eigenvalue weighted by atomic mass is 9.94. The van der Waals surface area contributed by atoms with Crippen LogP contribution >= 0.6 is 11.6 Å². The molecular weight excluding hydrogens is 402 g/mol. The van der Waals surface area contributed by atoms with E-state index in [9.17, 15) is 4.79 Å². The van der Waals surface area contributed by atoms with Gasteiger partial charge >= 0.3 is 0 Å². The van der Waals surface area contributed by atoms with Crippen molar-refractivity contribution in [2.45, 2.75) is 18.8 Å². The monoisotopic (exact) mass is 423 g/mol. The third-order valence-corrected chi connectivity index (χ3v) is 5.35. The molecule has 8 heteroatoms. The fourth-order valence-electron chi connectivity index (χ4n) is 3.55. The van der Waals surface area contributed by atoms with Crippen LogP contribution in [0.4, 0.5) is 11.6 Å². The van der Waals surface area contributed by atoms with Gasteiger partial charge in [0.25, 0.3) is 5.91 Å². The first-order valence-corrected chi connectivity index (χ1v) is 10.1. The Morgan fingerprint density at radius 1 is 1.17 bits per heavy atom. The normalized spacial score (nSPS) is 16.2. The topological polar surface area (TPSA) is 80.2 Å². The lowest BCUT2D eigenvalue weighted by molar-refractivity contribution is 0.0705. The van der Waals surface area contributed by atoms with E-state index < -0.39 is 0 Å². The summed E-state index contributed by atoms with van der Waals surface area (Å²) in [6.07, 6.45) is 5.16. The van der Waals surface area contributed by atoms with Gasteiger partial charge in [-0.1, -0.05) is 11.6 Å². The number of nitrogens with one attached hydrogen (secondary N) is 1. The number of pyridine rings is 1. The van der Waals surface area contributed by atoms with Gasteiger partial charge in [0.05, 0.1) is 18.4 Å². The lowest BCUT2D eigenvalue weighted by Gasteiger charge is -2.32. The molecule has 1 aliphatic heterocycles. The first-order chi connectivity index (χ1) is 14.6. The number of nitrogens with zero attached hydrogens (tertiary/aromatic N) is 4. The number of carbonyl (C=O) groups excluding carboxylic acids is 1. The second-order valence-electron chi connectivity index (χ2n) is 7.12. The van der Waals surface area contributed by atoms with Gasteiger partial charge in [-0.2, -0.15) is 0 Å². The molecule has 1 atom stereocenters. The number of hydrogen-bond donors (Lipinski definition) is 1. The summed E-state index contributed by atoms with van der Waals surface area (Å²) in [6.45, 7) is 1.33. The largest absolute Gasteiger partial charge is 0.497 e. The molecule has 0 unspecified atom stereocenters. The van der Waals surface area contributed by atoms with Crippen LogP contribution < -0.4 is 10.1 Å². The molecule has 30 heavy (non-hydrogen) atoms. The SMILES string of the molecule is COc1ccc(Nc2nccc([C@@H]3CCCN(C(=O)c4ccc(Cl)nc4)C3)n2)cc1. The molecule has 3 aromatic rings. The Morgan fingerprint density at radius 2 is 2.00 bits per heavy atom. The molecule has 1 aromatic carbocycles. The molecule has 1 aliphatic rings. The summed E-state index contributed by atoms with van der Waals surface area (Å²) < 4.78 is 5.18. The third-order valence-electron chi connectivity index (χ3n) is 5.12. The van der Waals surface area contributed by atoms with Gasteiger partial charge in [0, 0.05) is 37.1 Å². The van der Waals surface area contributed by atoms with Crippen LogP contribution in [0.1, 0.15) is 34.8 Å². The van der Waals surface area contributed by atoms with E-state index in [2.05, 4.69) is 15.3 Å². The molecule has 0 aliphatic carbocycles. The molecule has 1 saturated heterocycles. The maximum Gasteiger partial charge on any atom is 0.255 e. The molecule has 1 amide bonds. The Morgan fingerprint density at radius 3 is 2.73 bits per heavy atom. The summed E-state index contributed by atoms with van der Waals surface area (Å²) in [7, 11) is 1.64. The zero-order valence-electron chi connectivity index (χ0n) is 16.6.